The topological polar surface area (TPSA) is 104 Å². The number of nitrogens with one attached hydrogen (secondary N) is 1. The van der Waals surface area contributed by atoms with Crippen molar-refractivity contribution >= 4 is 21.9 Å². The van der Waals surface area contributed by atoms with Crippen molar-refractivity contribution in [2.24, 2.45) is 5.92 Å². The summed E-state index contributed by atoms with van der Waals surface area (Å²) in [7, 11) is -2.14. The van der Waals surface area contributed by atoms with Crippen LogP contribution in [0.5, 0.6) is 0 Å². The number of carboxylic acids is 1. The molecule has 0 saturated heterocycles. The molecule has 0 aliphatic carbocycles. The summed E-state index contributed by atoms with van der Waals surface area (Å²) in [6, 6.07) is 4.27. The lowest BCUT2D eigenvalue weighted by atomic mass is 9.99. The molecule has 0 aliphatic rings. The first-order valence-electron chi connectivity index (χ1n) is 8.14. The van der Waals surface area contributed by atoms with E-state index in [9.17, 15) is 23.1 Å². The fourth-order valence-corrected chi connectivity index (χ4v) is 3.50. The summed E-state index contributed by atoms with van der Waals surface area (Å²) in [5.41, 5.74) is 0.209. The summed E-state index contributed by atoms with van der Waals surface area (Å²) in [5.74, 6) is -1.87. The molecule has 1 rings (SSSR count). The second-order valence-electron chi connectivity index (χ2n) is 6.31. The number of carbonyl (C=O) groups excluding carboxylic acids is 1. The van der Waals surface area contributed by atoms with Gasteiger partial charge in [0, 0.05) is 18.7 Å². The summed E-state index contributed by atoms with van der Waals surface area (Å²) >= 11 is 0. The van der Waals surface area contributed by atoms with Gasteiger partial charge >= 0.3 is 5.97 Å². The molecule has 0 unspecified atom stereocenters. The van der Waals surface area contributed by atoms with Gasteiger partial charge in [0.15, 0.2) is 0 Å². The first kappa shape index (κ1) is 21.1. The number of sulfonamides is 1. The smallest absolute Gasteiger partial charge is 0.326 e. The second-order valence-corrected chi connectivity index (χ2v) is 8.31. The van der Waals surface area contributed by atoms with Gasteiger partial charge in [0.25, 0.3) is 5.91 Å². The number of benzene rings is 1. The summed E-state index contributed by atoms with van der Waals surface area (Å²) in [6.45, 7) is 7.12. The summed E-state index contributed by atoms with van der Waals surface area (Å²) in [4.78, 5) is 23.6. The standard InChI is InChI=1S/C17H26N2O5S/c1-6-12(4)15(17(21)22)18-16(20)13-7-9-14(10-8-13)25(23,24)19(5)11(2)3/h7-12,15H,6H2,1-5H3,(H,18,20)(H,21,22)/t12-,15-/m1/s1. The van der Waals surface area contributed by atoms with Crippen LogP contribution in [0, 0.1) is 5.92 Å². The zero-order chi connectivity index (χ0) is 19.4. The number of carbonyl (C=O) groups is 2. The van der Waals surface area contributed by atoms with Gasteiger partial charge in [-0.3, -0.25) is 4.79 Å². The molecule has 25 heavy (non-hydrogen) atoms. The van der Waals surface area contributed by atoms with Crippen molar-refractivity contribution in [1.82, 2.24) is 9.62 Å². The van der Waals surface area contributed by atoms with Crippen molar-refractivity contribution in [2.45, 2.75) is 51.1 Å². The minimum atomic E-state index is -3.63. The first-order chi connectivity index (χ1) is 11.5. The van der Waals surface area contributed by atoms with Crippen LogP contribution in [-0.4, -0.2) is 48.8 Å². The molecule has 0 spiro atoms. The molecular weight excluding hydrogens is 344 g/mol. The Morgan fingerprint density at radius 3 is 2.08 bits per heavy atom. The third-order valence-corrected chi connectivity index (χ3v) is 6.33. The number of carboxylic acid groups (broad SMARTS) is 1. The molecule has 0 heterocycles. The van der Waals surface area contributed by atoms with Crippen LogP contribution >= 0.6 is 0 Å². The Bertz CT molecular complexity index is 713. The predicted octanol–water partition coefficient (Wildman–Crippen LogP) is 1.94. The van der Waals surface area contributed by atoms with Gasteiger partial charge in [-0.15, -0.1) is 0 Å². The second kappa shape index (κ2) is 8.44. The fourth-order valence-electron chi connectivity index (χ4n) is 2.13. The summed E-state index contributed by atoms with van der Waals surface area (Å²) in [6.07, 6.45) is 0.607. The summed E-state index contributed by atoms with van der Waals surface area (Å²) < 4.78 is 26.0. The van der Waals surface area contributed by atoms with Crippen molar-refractivity contribution in [1.29, 1.82) is 0 Å². The minimum absolute atomic E-state index is 0.0805. The molecule has 0 aromatic heterocycles. The Kier molecular flexibility index (Phi) is 7.13. The highest BCUT2D eigenvalue weighted by molar-refractivity contribution is 7.89. The molecular formula is C17H26N2O5S. The molecule has 0 radical (unpaired) electrons. The lowest BCUT2D eigenvalue weighted by molar-refractivity contribution is -0.140. The monoisotopic (exact) mass is 370 g/mol. The SMILES string of the molecule is CC[C@@H](C)[C@@H](NC(=O)c1ccc(S(=O)(=O)N(C)C(C)C)cc1)C(=O)O. The molecule has 140 valence electrons. The van der Waals surface area contributed by atoms with Gasteiger partial charge in [0.2, 0.25) is 10.0 Å². The van der Waals surface area contributed by atoms with E-state index in [4.69, 9.17) is 0 Å². The van der Waals surface area contributed by atoms with Crippen LogP contribution in [0.4, 0.5) is 0 Å². The molecule has 8 heteroatoms. The zero-order valence-electron chi connectivity index (χ0n) is 15.2. The maximum absolute atomic E-state index is 12.4. The van der Waals surface area contributed by atoms with E-state index in [0.717, 1.165) is 0 Å². The molecule has 7 nitrogen and oxygen atoms in total. The Labute approximate surface area is 149 Å². The van der Waals surface area contributed by atoms with Crippen molar-refractivity contribution < 1.29 is 23.1 Å². The van der Waals surface area contributed by atoms with Gasteiger partial charge in [-0.25, -0.2) is 13.2 Å². The lowest BCUT2D eigenvalue weighted by Gasteiger charge is -2.21. The van der Waals surface area contributed by atoms with E-state index < -0.39 is 27.9 Å². The zero-order valence-corrected chi connectivity index (χ0v) is 16.0. The van der Waals surface area contributed by atoms with Crippen molar-refractivity contribution in [3.63, 3.8) is 0 Å². The van der Waals surface area contributed by atoms with Gasteiger partial charge in [0.05, 0.1) is 4.90 Å². The predicted molar refractivity (Wildman–Crippen MR) is 94.9 cm³/mol. The van der Waals surface area contributed by atoms with Crippen LogP contribution in [-0.2, 0) is 14.8 Å². The van der Waals surface area contributed by atoms with E-state index in [2.05, 4.69) is 5.32 Å². The van der Waals surface area contributed by atoms with Crippen molar-refractivity contribution in [3.8, 4) is 0 Å². The Balaban J connectivity index is 2.99. The molecule has 2 atom stereocenters. The van der Waals surface area contributed by atoms with Gasteiger partial charge in [-0.1, -0.05) is 20.3 Å². The minimum Gasteiger partial charge on any atom is -0.480 e. The van der Waals surface area contributed by atoms with Crippen LogP contribution in [0.3, 0.4) is 0 Å². The third-order valence-electron chi connectivity index (χ3n) is 4.29. The molecule has 1 amide bonds. The number of nitrogens with zero attached hydrogens (tertiary/aromatic N) is 1. The van der Waals surface area contributed by atoms with Gasteiger partial charge in [-0.05, 0) is 44.0 Å². The number of aliphatic carboxylic acids is 1. The van der Waals surface area contributed by atoms with Crippen LogP contribution in [0.2, 0.25) is 0 Å². The van der Waals surface area contributed by atoms with Gasteiger partial charge < -0.3 is 10.4 Å². The quantitative estimate of drug-likeness (QED) is 0.728. The maximum atomic E-state index is 12.4. The molecule has 1 aromatic rings. The number of rotatable bonds is 8. The number of amides is 1. The molecule has 0 fully saturated rings. The molecule has 0 saturated carbocycles. The van der Waals surface area contributed by atoms with E-state index in [1.807, 2.05) is 6.92 Å². The average Bonchev–Trinajstić information content (AvgIpc) is 2.57. The molecule has 0 bridgehead atoms. The highest BCUT2D eigenvalue weighted by Crippen LogP contribution is 2.17. The Morgan fingerprint density at radius 1 is 1.16 bits per heavy atom. The highest BCUT2D eigenvalue weighted by atomic mass is 32.2. The van der Waals surface area contributed by atoms with Crippen LogP contribution in [0.15, 0.2) is 29.2 Å². The first-order valence-corrected chi connectivity index (χ1v) is 9.58. The van der Waals surface area contributed by atoms with E-state index in [1.54, 1.807) is 20.8 Å². The van der Waals surface area contributed by atoms with Gasteiger partial charge in [0.1, 0.15) is 6.04 Å². The average molecular weight is 370 g/mol. The Hall–Kier alpha value is -1.93. The van der Waals surface area contributed by atoms with Crippen LogP contribution < -0.4 is 5.32 Å². The largest absolute Gasteiger partial charge is 0.480 e. The van der Waals surface area contributed by atoms with E-state index in [1.165, 1.54) is 35.6 Å². The lowest BCUT2D eigenvalue weighted by Crippen LogP contribution is -2.45. The van der Waals surface area contributed by atoms with Crippen LogP contribution in [0.25, 0.3) is 0 Å². The van der Waals surface area contributed by atoms with E-state index in [-0.39, 0.29) is 22.4 Å². The van der Waals surface area contributed by atoms with Crippen LogP contribution in [0.1, 0.15) is 44.5 Å². The normalized spacial score (nSPS) is 14.4. The molecule has 2 N–H and O–H groups in total. The van der Waals surface area contributed by atoms with E-state index in [0.29, 0.717) is 6.42 Å². The highest BCUT2D eigenvalue weighted by Gasteiger charge is 2.26. The number of hydrogen-bond donors (Lipinski definition) is 2. The van der Waals surface area contributed by atoms with Gasteiger partial charge in [-0.2, -0.15) is 4.31 Å². The van der Waals surface area contributed by atoms with Crippen molar-refractivity contribution in [2.75, 3.05) is 7.05 Å². The summed E-state index contributed by atoms with van der Waals surface area (Å²) in [5, 5.41) is 11.7. The fraction of sp³-hybridized carbons (Fsp3) is 0.529. The Morgan fingerprint density at radius 2 is 1.68 bits per heavy atom. The van der Waals surface area contributed by atoms with Crippen molar-refractivity contribution in [3.05, 3.63) is 29.8 Å². The third kappa shape index (κ3) is 5.02. The maximum Gasteiger partial charge on any atom is 0.326 e. The number of hydrogen-bond acceptors (Lipinski definition) is 4. The van der Waals surface area contributed by atoms with E-state index >= 15 is 0 Å². The molecule has 1 aromatic carbocycles. The molecule has 0 aliphatic heterocycles.